The van der Waals surface area contributed by atoms with Crippen molar-refractivity contribution in [3.8, 4) is 0 Å². The van der Waals surface area contributed by atoms with E-state index in [-0.39, 0.29) is 24.0 Å². The Morgan fingerprint density at radius 1 is 1.63 bits per heavy atom. The van der Waals surface area contributed by atoms with Crippen molar-refractivity contribution >= 4 is 17.2 Å². The van der Waals surface area contributed by atoms with E-state index >= 15 is 0 Å². The smallest absolute Gasteiger partial charge is 0.270 e. The van der Waals surface area contributed by atoms with Crippen LogP contribution in [0.4, 0.5) is 0 Å². The minimum Gasteiger partial charge on any atom is -0.396 e. The SMILES string of the molecule is O=C(NCC1(CO)CC1)c1csc(C2CCCO2)n1. The Labute approximate surface area is 116 Å². The number of hydrogen-bond donors (Lipinski definition) is 2. The van der Waals surface area contributed by atoms with Gasteiger partial charge in [-0.05, 0) is 25.7 Å². The van der Waals surface area contributed by atoms with Crippen LogP contribution in [0.15, 0.2) is 5.38 Å². The molecule has 0 radical (unpaired) electrons. The van der Waals surface area contributed by atoms with E-state index in [1.54, 1.807) is 5.38 Å². The predicted octanol–water partition coefficient (Wildman–Crippen LogP) is 1.50. The molecular weight excluding hydrogens is 264 g/mol. The van der Waals surface area contributed by atoms with E-state index in [1.165, 1.54) is 11.3 Å². The fourth-order valence-electron chi connectivity index (χ4n) is 2.24. The number of aliphatic hydroxyl groups is 1. The van der Waals surface area contributed by atoms with Gasteiger partial charge in [-0.15, -0.1) is 11.3 Å². The van der Waals surface area contributed by atoms with Crippen molar-refractivity contribution in [2.24, 2.45) is 5.41 Å². The number of thiazole rings is 1. The van der Waals surface area contributed by atoms with Crippen LogP contribution in [0.2, 0.25) is 0 Å². The van der Waals surface area contributed by atoms with Crippen molar-refractivity contribution in [3.05, 3.63) is 16.1 Å². The summed E-state index contributed by atoms with van der Waals surface area (Å²) >= 11 is 1.48. The lowest BCUT2D eigenvalue weighted by Crippen LogP contribution is -2.32. The number of hydrogen-bond acceptors (Lipinski definition) is 5. The number of aliphatic hydroxyl groups excluding tert-OH is 1. The van der Waals surface area contributed by atoms with Gasteiger partial charge in [0.15, 0.2) is 0 Å². The van der Waals surface area contributed by atoms with Crippen molar-refractivity contribution in [2.75, 3.05) is 19.8 Å². The number of nitrogens with one attached hydrogen (secondary N) is 1. The molecule has 1 saturated heterocycles. The van der Waals surface area contributed by atoms with Crippen LogP contribution >= 0.6 is 11.3 Å². The molecule has 2 aliphatic rings. The van der Waals surface area contributed by atoms with Gasteiger partial charge < -0.3 is 15.2 Å². The van der Waals surface area contributed by atoms with Gasteiger partial charge in [0.25, 0.3) is 5.91 Å². The first-order chi connectivity index (χ1) is 9.22. The van der Waals surface area contributed by atoms with Crippen molar-refractivity contribution < 1.29 is 14.6 Å². The first kappa shape index (κ1) is 13.0. The number of carbonyl (C=O) groups excluding carboxylic acids is 1. The molecule has 2 fully saturated rings. The van der Waals surface area contributed by atoms with Crippen LogP contribution in [0.5, 0.6) is 0 Å². The molecule has 3 rings (SSSR count). The normalized spacial score (nSPS) is 24.4. The predicted molar refractivity (Wildman–Crippen MR) is 71.1 cm³/mol. The van der Waals surface area contributed by atoms with Gasteiger partial charge in [0.1, 0.15) is 16.8 Å². The van der Waals surface area contributed by atoms with E-state index in [4.69, 9.17) is 4.74 Å². The summed E-state index contributed by atoms with van der Waals surface area (Å²) in [4.78, 5) is 16.3. The van der Waals surface area contributed by atoms with Gasteiger partial charge in [0.05, 0.1) is 6.61 Å². The number of nitrogens with zero attached hydrogens (tertiary/aromatic N) is 1. The maximum Gasteiger partial charge on any atom is 0.270 e. The first-order valence-electron chi connectivity index (χ1n) is 6.69. The van der Waals surface area contributed by atoms with Gasteiger partial charge in [-0.1, -0.05) is 0 Å². The Morgan fingerprint density at radius 2 is 2.47 bits per heavy atom. The zero-order valence-corrected chi connectivity index (χ0v) is 11.5. The molecule has 19 heavy (non-hydrogen) atoms. The monoisotopic (exact) mass is 282 g/mol. The Hall–Kier alpha value is -0.980. The van der Waals surface area contributed by atoms with Crippen LogP contribution in [0.1, 0.15) is 47.3 Å². The summed E-state index contributed by atoms with van der Waals surface area (Å²) in [5, 5.41) is 14.7. The minimum atomic E-state index is -0.153. The van der Waals surface area contributed by atoms with E-state index in [0.717, 1.165) is 37.3 Å². The van der Waals surface area contributed by atoms with Gasteiger partial charge in [-0.25, -0.2) is 4.98 Å². The van der Waals surface area contributed by atoms with Gasteiger partial charge in [-0.2, -0.15) is 0 Å². The number of aromatic nitrogens is 1. The van der Waals surface area contributed by atoms with E-state index < -0.39 is 0 Å². The van der Waals surface area contributed by atoms with Gasteiger partial charge >= 0.3 is 0 Å². The molecule has 2 N–H and O–H groups in total. The lowest BCUT2D eigenvalue weighted by molar-refractivity contribution is 0.0928. The Kier molecular flexibility index (Phi) is 3.56. The second-order valence-electron chi connectivity index (χ2n) is 5.41. The van der Waals surface area contributed by atoms with Crippen LogP contribution in [0, 0.1) is 5.41 Å². The van der Waals surface area contributed by atoms with Crippen molar-refractivity contribution in [3.63, 3.8) is 0 Å². The molecule has 5 nitrogen and oxygen atoms in total. The van der Waals surface area contributed by atoms with E-state index in [9.17, 15) is 9.90 Å². The molecule has 1 atom stereocenters. The van der Waals surface area contributed by atoms with Crippen molar-refractivity contribution in [2.45, 2.75) is 31.8 Å². The molecule has 0 aromatic carbocycles. The van der Waals surface area contributed by atoms with Crippen LogP contribution < -0.4 is 5.32 Å². The summed E-state index contributed by atoms with van der Waals surface area (Å²) in [6.07, 6.45) is 4.09. The fourth-order valence-corrected chi connectivity index (χ4v) is 3.12. The largest absolute Gasteiger partial charge is 0.396 e. The molecule has 104 valence electrons. The molecule has 1 aromatic rings. The second-order valence-corrected chi connectivity index (χ2v) is 6.30. The third-order valence-corrected chi connectivity index (χ3v) is 4.81. The highest BCUT2D eigenvalue weighted by Gasteiger charge is 2.42. The van der Waals surface area contributed by atoms with E-state index in [1.807, 2.05) is 0 Å². The van der Waals surface area contributed by atoms with Crippen LogP contribution in [0.25, 0.3) is 0 Å². The lowest BCUT2D eigenvalue weighted by atomic mass is 10.1. The lowest BCUT2D eigenvalue weighted by Gasteiger charge is -2.11. The molecule has 6 heteroatoms. The maximum absolute atomic E-state index is 12.0. The summed E-state index contributed by atoms with van der Waals surface area (Å²) in [7, 11) is 0. The average Bonchev–Trinajstić information content (AvgIpc) is 2.87. The molecule has 0 spiro atoms. The summed E-state index contributed by atoms with van der Waals surface area (Å²) < 4.78 is 5.56. The van der Waals surface area contributed by atoms with Crippen LogP contribution in [-0.4, -0.2) is 35.8 Å². The van der Waals surface area contributed by atoms with Crippen molar-refractivity contribution in [1.29, 1.82) is 0 Å². The first-order valence-corrected chi connectivity index (χ1v) is 7.56. The molecular formula is C13H18N2O3S. The maximum atomic E-state index is 12.0. The zero-order valence-electron chi connectivity index (χ0n) is 10.7. The molecule has 1 amide bonds. The molecule has 1 saturated carbocycles. The molecule has 1 aliphatic carbocycles. The number of rotatable bonds is 5. The average molecular weight is 282 g/mol. The topological polar surface area (TPSA) is 71.5 Å². The molecule has 1 unspecified atom stereocenters. The number of carbonyl (C=O) groups is 1. The zero-order chi connectivity index (χ0) is 13.3. The van der Waals surface area contributed by atoms with Gasteiger partial charge in [-0.3, -0.25) is 4.79 Å². The highest BCUT2D eigenvalue weighted by Crippen LogP contribution is 2.44. The van der Waals surface area contributed by atoms with E-state index in [0.29, 0.717) is 12.2 Å². The highest BCUT2D eigenvalue weighted by molar-refractivity contribution is 7.09. The Balaban J connectivity index is 1.57. The summed E-state index contributed by atoms with van der Waals surface area (Å²) in [5.74, 6) is -0.153. The molecule has 1 aromatic heterocycles. The summed E-state index contributed by atoms with van der Waals surface area (Å²) in [6.45, 7) is 1.46. The molecule has 0 bridgehead atoms. The summed E-state index contributed by atoms with van der Waals surface area (Å²) in [5.41, 5.74) is 0.396. The third-order valence-electron chi connectivity index (χ3n) is 3.88. The quantitative estimate of drug-likeness (QED) is 0.858. The number of amides is 1. The Bertz CT molecular complexity index is 464. The molecule has 1 aliphatic heterocycles. The second kappa shape index (κ2) is 5.19. The number of ether oxygens (including phenoxy) is 1. The summed E-state index contributed by atoms with van der Waals surface area (Å²) in [6, 6.07) is 0. The minimum absolute atomic E-state index is 0.0664. The highest BCUT2D eigenvalue weighted by atomic mass is 32.1. The Morgan fingerprint density at radius 3 is 3.11 bits per heavy atom. The fraction of sp³-hybridized carbons (Fsp3) is 0.692. The van der Waals surface area contributed by atoms with E-state index in [2.05, 4.69) is 10.3 Å². The van der Waals surface area contributed by atoms with Gasteiger partial charge in [0.2, 0.25) is 0 Å². The molecule has 2 heterocycles. The van der Waals surface area contributed by atoms with Crippen LogP contribution in [0.3, 0.4) is 0 Å². The van der Waals surface area contributed by atoms with Crippen molar-refractivity contribution in [1.82, 2.24) is 10.3 Å². The van der Waals surface area contributed by atoms with Gasteiger partial charge in [0, 0.05) is 23.9 Å². The third kappa shape index (κ3) is 2.80. The standard InChI is InChI=1S/C13H18N2O3S/c16-8-13(3-4-13)7-14-11(17)9-6-19-12(15-9)10-2-1-5-18-10/h6,10,16H,1-5,7-8H2,(H,14,17). The van der Waals surface area contributed by atoms with Crippen LogP contribution in [-0.2, 0) is 4.74 Å².